The van der Waals surface area contributed by atoms with E-state index in [0.717, 1.165) is 30.6 Å². The summed E-state index contributed by atoms with van der Waals surface area (Å²) in [6.07, 6.45) is 16.4. The molecule has 3 heteroatoms. The highest BCUT2D eigenvalue weighted by Gasteiger charge is 2.74. The second-order valence-corrected chi connectivity index (χ2v) is 12.7. The van der Waals surface area contributed by atoms with Gasteiger partial charge < -0.3 is 5.11 Å². The van der Waals surface area contributed by atoms with Crippen molar-refractivity contribution in [3.8, 4) is 0 Å². The minimum atomic E-state index is -0.424. The second kappa shape index (κ2) is 7.06. The van der Waals surface area contributed by atoms with E-state index < -0.39 is 5.60 Å². The molecule has 4 aliphatic carbocycles. The van der Waals surface area contributed by atoms with Crippen molar-refractivity contribution in [2.45, 2.75) is 116 Å². The summed E-state index contributed by atoms with van der Waals surface area (Å²) in [5.41, 5.74) is -0.240. The highest BCUT2D eigenvalue weighted by Crippen LogP contribution is 2.72. The number of rotatable bonds is 5. The first-order valence-corrected chi connectivity index (χ1v) is 12.9. The number of aliphatic hydroxyl groups excluding tert-OH is 1. The van der Waals surface area contributed by atoms with Crippen molar-refractivity contribution in [2.24, 2.45) is 40.4 Å². The van der Waals surface area contributed by atoms with Gasteiger partial charge in [0.1, 0.15) is 11.2 Å². The van der Waals surface area contributed by atoms with Gasteiger partial charge in [0.2, 0.25) is 0 Å². The first kappa shape index (κ1) is 21.5. The third kappa shape index (κ3) is 2.73. The van der Waals surface area contributed by atoms with Crippen LogP contribution in [0.25, 0.3) is 0 Å². The average molecular weight is 417 g/mol. The third-order valence-corrected chi connectivity index (χ3v) is 10.8. The molecular weight excluding hydrogens is 372 g/mol. The molecule has 0 unspecified atom stereocenters. The molecule has 4 fully saturated rings. The van der Waals surface area contributed by atoms with E-state index in [2.05, 4.69) is 46.8 Å². The molecule has 1 N–H and O–H groups in total. The van der Waals surface area contributed by atoms with E-state index in [9.17, 15) is 5.11 Å². The van der Waals surface area contributed by atoms with Crippen molar-refractivity contribution in [1.29, 1.82) is 0 Å². The molecule has 2 spiro atoms. The summed E-state index contributed by atoms with van der Waals surface area (Å²) in [5.74, 6) is 3.48. The zero-order chi connectivity index (χ0) is 21.4. The first-order chi connectivity index (χ1) is 14.2. The topological polar surface area (TPSA) is 38.7 Å². The second-order valence-electron chi connectivity index (χ2n) is 12.7. The van der Waals surface area contributed by atoms with Crippen molar-refractivity contribution in [3.05, 3.63) is 12.2 Å². The molecule has 2 heterocycles. The smallest absolute Gasteiger partial charge is 0.130 e. The molecule has 3 nitrogen and oxygen atoms in total. The standard InChI is InChI=1S/C27H44O3/c1-18(2)7-6-8-19(3)21-9-10-22-24(21,4)13-12-23-25(5)14-11-20(28)17-26(25)15-16-27(22,23)30-29-26/h15-16,18-23,28H,6-14,17H2,1-5H3/t19-,20+,21-,22-,23-,24-,25-,26-,27+/m1/s1. The molecule has 6 rings (SSSR count). The molecule has 30 heavy (non-hydrogen) atoms. The van der Waals surface area contributed by atoms with Crippen LogP contribution >= 0.6 is 0 Å². The van der Waals surface area contributed by atoms with Crippen LogP contribution in [-0.2, 0) is 9.78 Å². The molecule has 1 saturated heterocycles. The van der Waals surface area contributed by atoms with Crippen LogP contribution in [0.2, 0.25) is 0 Å². The SMILES string of the molecule is CC(C)CCC[C@@H](C)[C@H]1CC[C@@H]2[C@]1(C)CC[C@H]1[C@]23C=C[C@]2(C[C@@H](O)CC[C@]12C)OO3. The van der Waals surface area contributed by atoms with Crippen molar-refractivity contribution in [1.82, 2.24) is 0 Å². The Bertz CT molecular complexity index is 702. The van der Waals surface area contributed by atoms with E-state index in [0.29, 0.717) is 23.7 Å². The van der Waals surface area contributed by atoms with Gasteiger partial charge in [0.25, 0.3) is 0 Å². The van der Waals surface area contributed by atoms with Crippen LogP contribution in [-0.4, -0.2) is 22.4 Å². The van der Waals surface area contributed by atoms with Gasteiger partial charge in [0.05, 0.1) is 6.10 Å². The Hall–Kier alpha value is -0.380. The van der Waals surface area contributed by atoms with Crippen molar-refractivity contribution >= 4 is 0 Å². The maximum Gasteiger partial charge on any atom is 0.130 e. The largest absolute Gasteiger partial charge is 0.393 e. The molecular formula is C27H44O3. The lowest BCUT2D eigenvalue weighted by Crippen LogP contribution is -2.73. The molecule has 0 aromatic carbocycles. The average Bonchev–Trinajstić information content (AvgIpc) is 3.05. The van der Waals surface area contributed by atoms with Crippen LogP contribution in [0.4, 0.5) is 0 Å². The van der Waals surface area contributed by atoms with Crippen molar-refractivity contribution in [3.63, 3.8) is 0 Å². The summed E-state index contributed by atoms with van der Waals surface area (Å²) in [7, 11) is 0. The van der Waals surface area contributed by atoms with E-state index in [1.54, 1.807) is 0 Å². The van der Waals surface area contributed by atoms with Gasteiger partial charge >= 0.3 is 0 Å². The highest BCUT2D eigenvalue weighted by molar-refractivity contribution is 5.33. The lowest BCUT2D eigenvalue weighted by molar-refractivity contribution is -0.497. The number of hydrogen-bond donors (Lipinski definition) is 1. The zero-order valence-electron chi connectivity index (χ0n) is 20.0. The van der Waals surface area contributed by atoms with Gasteiger partial charge in [-0.1, -0.05) is 60.0 Å². The Morgan fingerprint density at radius 1 is 0.933 bits per heavy atom. The van der Waals surface area contributed by atoms with Gasteiger partial charge in [0.15, 0.2) is 0 Å². The number of fused-ring (bicyclic) bond motifs is 2. The first-order valence-electron chi connectivity index (χ1n) is 12.9. The Morgan fingerprint density at radius 2 is 1.73 bits per heavy atom. The summed E-state index contributed by atoms with van der Waals surface area (Å²) >= 11 is 0. The van der Waals surface area contributed by atoms with E-state index in [1.807, 2.05) is 0 Å². The van der Waals surface area contributed by atoms with Crippen LogP contribution in [0.1, 0.15) is 98.8 Å². The molecule has 0 radical (unpaired) electrons. The fraction of sp³-hybridized carbons (Fsp3) is 0.926. The van der Waals surface area contributed by atoms with Gasteiger partial charge in [-0.2, -0.15) is 0 Å². The maximum atomic E-state index is 10.4. The Morgan fingerprint density at radius 3 is 2.43 bits per heavy atom. The van der Waals surface area contributed by atoms with E-state index in [1.165, 1.54) is 44.9 Å². The van der Waals surface area contributed by atoms with Gasteiger partial charge in [-0.25, -0.2) is 9.78 Å². The minimum Gasteiger partial charge on any atom is -0.393 e. The quantitative estimate of drug-likeness (QED) is 0.413. The predicted molar refractivity (Wildman–Crippen MR) is 120 cm³/mol. The van der Waals surface area contributed by atoms with Gasteiger partial charge in [-0.15, -0.1) is 0 Å². The summed E-state index contributed by atoms with van der Waals surface area (Å²) in [6, 6.07) is 0. The maximum absolute atomic E-state index is 10.4. The highest BCUT2D eigenvalue weighted by atomic mass is 17.2. The Labute approximate surface area is 183 Å². The molecule has 170 valence electrons. The van der Waals surface area contributed by atoms with Crippen molar-refractivity contribution in [2.75, 3.05) is 0 Å². The molecule has 6 aliphatic rings. The van der Waals surface area contributed by atoms with Crippen LogP contribution < -0.4 is 0 Å². The Balaban J connectivity index is 1.42. The number of aliphatic hydroxyl groups is 1. The lowest BCUT2D eigenvalue weighted by Gasteiger charge is -2.69. The lowest BCUT2D eigenvalue weighted by atomic mass is 9.42. The molecule has 0 aromatic rings. The van der Waals surface area contributed by atoms with Crippen LogP contribution in [0.3, 0.4) is 0 Å². The summed E-state index contributed by atoms with van der Waals surface area (Å²) < 4.78 is 0. The number of hydrogen-bond acceptors (Lipinski definition) is 3. The van der Waals surface area contributed by atoms with E-state index in [-0.39, 0.29) is 17.1 Å². The summed E-state index contributed by atoms with van der Waals surface area (Å²) in [4.78, 5) is 12.8. The monoisotopic (exact) mass is 416 g/mol. The van der Waals surface area contributed by atoms with Crippen LogP contribution in [0.5, 0.6) is 0 Å². The molecule has 2 bridgehead atoms. The molecule has 0 aromatic heterocycles. The fourth-order valence-electron chi connectivity index (χ4n) is 9.12. The van der Waals surface area contributed by atoms with Crippen molar-refractivity contribution < 1.29 is 14.9 Å². The summed E-state index contributed by atoms with van der Waals surface area (Å²) in [5, 5.41) is 10.4. The zero-order valence-corrected chi connectivity index (χ0v) is 20.0. The van der Waals surface area contributed by atoms with E-state index in [4.69, 9.17) is 9.78 Å². The van der Waals surface area contributed by atoms with E-state index >= 15 is 0 Å². The normalized spacial score (nSPS) is 52.8. The molecule has 9 atom stereocenters. The van der Waals surface area contributed by atoms with Gasteiger partial charge in [-0.3, -0.25) is 0 Å². The Kier molecular flexibility index (Phi) is 5.05. The summed E-state index contributed by atoms with van der Waals surface area (Å²) in [6.45, 7) is 12.2. The molecule has 0 amide bonds. The molecule has 2 aliphatic heterocycles. The fourth-order valence-corrected chi connectivity index (χ4v) is 9.12. The van der Waals surface area contributed by atoms with Crippen LogP contribution in [0.15, 0.2) is 12.2 Å². The van der Waals surface area contributed by atoms with Gasteiger partial charge in [-0.05, 0) is 67.8 Å². The third-order valence-electron chi connectivity index (χ3n) is 10.8. The molecule has 3 saturated carbocycles. The minimum absolute atomic E-state index is 0.0848. The van der Waals surface area contributed by atoms with Crippen LogP contribution in [0, 0.1) is 40.4 Å². The van der Waals surface area contributed by atoms with Gasteiger partial charge in [0, 0.05) is 23.7 Å². The predicted octanol–water partition coefficient (Wildman–Crippen LogP) is 6.45.